The molecule has 110 valence electrons. The van der Waals surface area contributed by atoms with E-state index in [-0.39, 0.29) is 0 Å². The van der Waals surface area contributed by atoms with E-state index >= 15 is 0 Å². The monoisotopic (exact) mass is 274 g/mol. The van der Waals surface area contributed by atoms with Crippen LogP contribution in [-0.2, 0) is 6.54 Å². The van der Waals surface area contributed by atoms with Gasteiger partial charge in [0.25, 0.3) is 0 Å². The third-order valence-corrected chi connectivity index (χ3v) is 3.96. The minimum absolute atomic E-state index is 0.677. The molecule has 1 unspecified atom stereocenters. The highest BCUT2D eigenvalue weighted by Crippen LogP contribution is 2.19. The normalized spacial score (nSPS) is 19.4. The van der Waals surface area contributed by atoms with Crippen LogP contribution in [0, 0.1) is 6.92 Å². The zero-order valence-corrected chi connectivity index (χ0v) is 12.5. The van der Waals surface area contributed by atoms with E-state index in [1.165, 1.54) is 24.9 Å². The Labute approximate surface area is 123 Å². The number of rotatable bonds is 8. The maximum absolute atomic E-state index is 5.83. The summed E-state index contributed by atoms with van der Waals surface area (Å²) in [6.07, 6.45) is 4.43. The molecule has 1 saturated heterocycles. The average molecular weight is 274 g/mol. The summed E-state index contributed by atoms with van der Waals surface area (Å²) in [5, 5.41) is 3.28. The SMILES string of the molecule is [CH]CCNCc1ccc(OCCC2CCCN2C)cc1. The Bertz CT molecular complexity index is 377. The molecule has 1 aliphatic heterocycles. The predicted octanol–water partition coefficient (Wildman–Crippen LogP) is 2.74. The zero-order valence-electron chi connectivity index (χ0n) is 12.5. The number of hydrogen-bond donors (Lipinski definition) is 1. The molecule has 1 fully saturated rings. The van der Waals surface area contributed by atoms with Gasteiger partial charge in [0.15, 0.2) is 0 Å². The van der Waals surface area contributed by atoms with Crippen molar-refractivity contribution in [2.45, 2.75) is 38.3 Å². The van der Waals surface area contributed by atoms with Crippen LogP contribution in [0.15, 0.2) is 24.3 Å². The van der Waals surface area contributed by atoms with Gasteiger partial charge in [-0.05, 0) is 70.4 Å². The lowest BCUT2D eigenvalue weighted by Crippen LogP contribution is -2.26. The van der Waals surface area contributed by atoms with Crippen molar-refractivity contribution < 1.29 is 4.74 Å². The first-order valence-electron chi connectivity index (χ1n) is 7.62. The lowest BCUT2D eigenvalue weighted by molar-refractivity contribution is 0.233. The Balaban J connectivity index is 1.68. The van der Waals surface area contributed by atoms with Crippen LogP contribution in [0.2, 0.25) is 0 Å². The molecule has 3 heteroatoms. The summed E-state index contributed by atoms with van der Waals surface area (Å²) in [6.45, 7) is 9.20. The number of hydrogen-bond acceptors (Lipinski definition) is 3. The first-order valence-corrected chi connectivity index (χ1v) is 7.62. The number of ether oxygens (including phenoxy) is 1. The minimum atomic E-state index is 0.677. The van der Waals surface area contributed by atoms with Crippen molar-refractivity contribution in [2.75, 3.05) is 26.7 Å². The molecule has 1 aromatic carbocycles. The fraction of sp³-hybridized carbons (Fsp3) is 0.588. The number of likely N-dealkylation sites (tertiary alicyclic amines) is 1. The van der Waals surface area contributed by atoms with Crippen LogP contribution in [0.25, 0.3) is 0 Å². The molecule has 2 rings (SSSR count). The van der Waals surface area contributed by atoms with Crippen LogP contribution in [0.1, 0.15) is 31.2 Å². The second-order valence-electron chi connectivity index (χ2n) is 5.52. The van der Waals surface area contributed by atoms with Gasteiger partial charge < -0.3 is 15.0 Å². The van der Waals surface area contributed by atoms with E-state index in [0.717, 1.165) is 31.9 Å². The third kappa shape index (κ3) is 4.80. The summed E-state index contributed by atoms with van der Waals surface area (Å²) in [5.41, 5.74) is 1.27. The van der Waals surface area contributed by atoms with Gasteiger partial charge in [0.2, 0.25) is 0 Å². The fourth-order valence-corrected chi connectivity index (χ4v) is 2.70. The quantitative estimate of drug-likeness (QED) is 0.738. The molecule has 0 amide bonds. The summed E-state index contributed by atoms with van der Waals surface area (Å²) in [7, 11) is 2.21. The Kier molecular flexibility index (Phi) is 6.34. The minimum Gasteiger partial charge on any atom is -0.494 e. The van der Waals surface area contributed by atoms with Crippen LogP contribution < -0.4 is 10.1 Å². The largest absolute Gasteiger partial charge is 0.494 e. The first kappa shape index (κ1) is 15.3. The third-order valence-electron chi connectivity index (χ3n) is 3.96. The molecule has 1 atom stereocenters. The van der Waals surface area contributed by atoms with E-state index < -0.39 is 0 Å². The molecule has 0 saturated carbocycles. The van der Waals surface area contributed by atoms with Gasteiger partial charge in [0.1, 0.15) is 5.75 Å². The Hall–Kier alpha value is -1.06. The molecule has 0 spiro atoms. The number of nitrogens with zero attached hydrogens (tertiary/aromatic N) is 1. The van der Waals surface area contributed by atoms with Crippen LogP contribution in [0.4, 0.5) is 0 Å². The van der Waals surface area contributed by atoms with Gasteiger partial charge >= 0.3 is 0 Å². The lowest BCUT2D eigenvalue weighted by atomic mass is 10.1. The molecule has 1 N–H and O–H groups in total. The van der Waals surface area contributed by atoms with E-state index in [4.69, 9.17) is 11.7 Å². The van der Waals surface area contributed by atoms with Crippen molar-refractivity contribution in [1.82, 2.24) is 10.2 Å². The van der Waals surface area contributed by atoms with Gasteiger partial charge in [0.05, 0.1) is 6.61 Å². The summed E-state index contributed by atoms with van der Waals surface area (Å²) < 4.78 is 5.83. The molecular weight excluding hydrogens is 248 g/mol. The van der Waals surface area contributed by atoms with E-state index in [0.29, 0.717) is 12.5 Å². The molecular formula is C17H26N2O. The van der Waals surface area contributed by atoms with Crippen molar-refractivity contribution >= 4 is 0 Å². The predicted molar refractivity (Wildman–Crippen MR) is 82.8 cm³/mol. The highest BCUT2D eigenvalue weighted by atomic mass is 16.5. The fourth-order valence-electron chi connectivity index (χ4n) is 2.70. The van der Waals surface area contributed by atoms with Gasteiger partial charge in [-0.25, -0.2) is 0 Å². The molecule has 1 aliphatic rings. The van der Waals surface area contributed by atoms with E-state index in [9.17, 15) is 0 Å². The van der Waals surface area contributed by atoms with Gasteiger partial charge in [-0.15, -0.1) is 0 Å². The van der Waals surface area contributed by atoms with Crippen LogP contribution >= 0.6 is 0 Å². The van der Waals surface area contributed by atoms with E-state index in [1.807, 2.05) is 0 Å². The summed E-state index contributed by atoms with van der Waals surface area (Å²) in [5.74, 6) is 0.966. The van der Waals surface area contributed by atoms with Crippen molar-refractivity contribution in [2.24, 2.45) is 0 Å². The van der Waals surface area contributed by atoms with E-state index in [1.54, 1.807) is 0 Å². The summed E-state index contributed by atoms with van der Waals surface area (Å²) in [6, 6.07) is 9.03. The van der Waals surface area contributed by atoms with Gasteiger partial charge in [-0.2, -0.15) is 0 Å². The second kappa shape index (κ2) is 8.28. The molecule has 0 aromatic heterocycles. The van der Waals surface area contributed by atoms with Crippen LogP contribution in [-0.4, -0.2) is 37.7 Å². The van der Waals surface area contributed by atoms with Gasteiger partial charge in [-0.3, -0.25) is 0 Å². The van der Waals surface area contributed by atoms with Crippen molar-refractivity contribution in [3.05, 3.63) is 36.8 Å². The molecule has 0 bridgehead atoms. The van der Waals surface area contributed by atoms with Crippen molar-refractivity contribution in [1.29, 1.82) is 0 Å². The Morgan fingerprint density at radius 3 is 2.80 bits per heavy atom. The summed E-state index contributed by atoms with van der Waals surface area (Å²) >= 11 is 0. The smallest absolute Gasteiger partial charge is 0.119 e. The molecule has 1 heterocycles. The van der Waals surface area contributed by atoms with Crippen molar-refractivity contribution in [3.63, 3.8) is 0 Å². The Morgan fingerprint density at radius 2 is 2.15 bits per heavy atom. The van der Waals surface area contributed by atoms with Gasteiger partial charge in [0, 0.05) is 12.6 Å². The van der Waals surface area contributed by atoms with Gasteiger partial charge in [-0.1, -0.05) is 12.1 Å². The molecule has 20 heavy (non-hydrogen) atoms. The molecule has 3 nitrogen and oxygen atoms in total. The van der Waals surface area contributed by atoms with Crippen LogP contribution in [0.3, 0.4) is 0 Å². The first-order chi connectivity index (χ1) is 9.79. The molecule has 2 radical (unpaired) electrons. The molecule has 1 aromatic rings. The van der Waals surface area contributed by atoms with Crippen molar-refractivity contribution in [3.8, 4) is 5.75 Å². The standard InChI is InChI=1S/C17H26N2O/c1-3-11-18-14-15-6-8-17(9-7-15)20-13-10-16-5-4-12-19(16)2/h1,6-9,16,18H,3-5,10-14H2,2H3. The maximum atomic E-state index is 5.83. The summed E-state index contributed by atoms with van der Waals surface area (Å²) in [4.78, 5) is 2.44. The number of nitrogens with one attached hydrogen (secondary N) is 1. The number of benzene rings is 1. The highest BCUT2D eigenvalue weighted by molar-refractivity contribution is 5.27. The second-order valence-corrected chi connectivity index (χ2v) is 5.52. The zero-order chi connectivity index (χ0) is 14.2. The highest BCUT2D eigenvalue weighted by Gasteiger charge is 2.20. The van der Waals surface area contributed by atoms with E-state index in [2.05, 4.69) is 41.5 Å². The Morgan fingerprint density at radius 1 is 1.35 bits per heavy atom. The topological polar surface area (TPSA) is 24.5 Å². The maximum Gasteiger partial charge on any atom is 0.119 e. The molecule has 0 aliphatic carbocycles. The lowest BCUT2D eigenvalue weighted by Gasteiger charge is -2.19. The average Bonchev–Trinajstić information content (AvgIpc) is 2.87. The van der Waals surface area contributed by atoms with Crippen LogP contribution in [0.5, 0.6) is 5.75 Å².